The molecule has 23 heavy (non-hydrogen) atoms. The summed E-state index contributed by atoms with van der Waals surface area (Å²) in [5, 5.41) is 9.00. The predicted octanol–water partition coefficient (Wildman–Crippen LogP) is 3.11. The minimum atomic E-state index is 0.00157. The SMILES string of the molecule is COCCc1c(OCCO)ccc(-c2ccc(N)cc2C)c1C. The van der Waals surface area contributed by atoms with E-state index in [-0.39, 0.29) is 6.61 Å². The van der Waals surface area contributed by atoms with E-state index in [0.717, 1.165) is 29.0 Å². The van der Waals surface area contributed by atoms with Gasteiger partial charge >= 0.3 is 0 Å². The number of benzene rings is 2. The van der Waals surface area contributed by atoms with Gasteiger partial charge in [-0.2, -0.15) is 0 Å². The Bertz CT molecular complexity index is 668. The molecule has 0 aliphatic rings. The smallest absolute Gasteiger partial charge is 0.123 e. The Morgan fingerprint density at radius 2 is 1.78 bits per heavy atom. The van der Waals surface area contributed by atoms with Gasteiger partial charge in [-0.15, -0.1) is 0 Å². The molecule has 0 unspecified atom stereocenters. The van der Waals surface area contributed by atoms with Crippen LogP contribution in [0.15, 0.2) is 30.3 Å². The average molecular weight is 315 g/mol. The minimum absolute atomic E-state index is 0.00157. The maximum Gasteiger partial charge on any atom is 0.123 e. The first kappa shape index (κ1) is 17.3. The van der Waals surface area contributed by atoms with Gasteiger partial charge in [-0.3, -0.25) is 0 Å². The third kappa shape index (κ3) is 4.03. The summed E-state index contributed by atoms with van der Waals surface area (Å²) >= 11 is 0. The van der Waals surface area contributed by atoms with Crippen molar-refractivity contribution < 1.29 is 14.6 Å². The van der Waals surface area contributed by atoms with Gasteiger partial charge in [-0.05, 0) is 66.3 Å². The topological polar surface area (TPSA) is 64.7 Å². The molecule has 2 rings (SSSR count). The van der Waals surface area contributed by atoms with Crippen molar-refractivity contribution in [2.24, 2.45) is 0 Å². The molecule has 0 atom stereocenters. The van der Waals surface area contributed by atoms with Gasteiger partial charge < -0.3 is 20.3 Å². The standard InChI is InChI=1S/C19H25NO3/c1-13-12-15(20)4-5-16(13)17-6-7-19(23-11-9-21)18(14(17)2)8-10-22-3/h4-7,12,21H,8-11,20H2,1-3H3. The van der Waals surface area contributed by atoms with Crippen molar-refractivity contribution in [2.45, 2.75) is 20.3 Å². The maximum absolute atomic E-state index is 9.00. The summed E-state index contributed by atoms with van der Waals surface area (Å²) in [6, 6.07) is 10.0. The lowest BCUT2D eigenvalue weighted by atomic mass is 9.92. The summed E-state index contributed by atoms with van der Waals surface area (Å²) in [4.78, 5) is 0. The zero-order valence-electron chi connectivity index (χ0n) is 14.1. The molecule has 0 spiro atoms. The average Bonchev–Trinajstić information content (AvgIpc) is 2.53. The Morgan fingerprint density at radius 3 is 2.43 bits per heavy atom. The number of nitrogen functional groups attached to an aromatic ring is 1. The van der Waals surface area contributed by atoms with E-state index in [9.17, 15) is 0 Å². The molecule has 0 aliphatic heterocycles. The third-order valence-corrected chi connectivity index (χ3v) is 4.00. The van der Waals surface area contributed by atoms with Crippen LogP contribution in [0.3, 0.4) is 0 Å². The van der Waals surface area contributed by atoms with Crippen molar-refractivity contribution in [2.75, 3.05) is 32.7 Å². The van der Waals surface area contributed by atoms with E-state index in [1.807, 2.05) is 18.2 Å². The van der Waals surface area contributed by atoms with Crippen LogP contribution in [0.25, 0.3) is 11.1 Å². The molecule has 4 nitrogen and oxygen atoms in total. The fourth-order valence-electron chi connectivity index (χ4n) is 2.82. The van der Waals surface area contributed by atoms with Crippen molar-refractivity contribution in [3.8, 4) is 16.9 Å². The van der Waals surface area contributed by atoms with E-state index in [1.165, 1.54) is 16.7 Å². The fraction of sp³-hybridized carbons (Fsp3) is 0.368. The summed E-state index contributed by atoms with van der Waals surface area (Å²) in [5.74, 6) is 0.811. The molecule has 4 heteroatoms. The molecule has 0 aromatic heterocycles. The van der Waals surface area contributed by atoms with Crippen LogP contribution in [-0.2, 0) is 11.2 Å². The molecule has 124 valence electrons. The quantitative estimate of drug-likeness (QED) is 0.771. The number of methoxy groups -OCH3 is 1. The molecule has 0 radical (unpaired) electrons. The largest absolute Gasteiger partial charge is 0.491 e. The van der Waals surface area contributed by atoms with Crippen LogP contribution in [0.5, 0.6) is 5.75 Å². The van der Waals surface area contributed by atoms with Gasteiger partial charge in [0.25, 0.3) is 0 Å². The molecular weight excluding hydrogens is 290 g/mol. The van der Waals surface area contributed by atoms with E-state index in [1.54, 1.807) is 7.11 Å². The normalized spacial score (nSPS) is 10.8. The van der Waals surface area contributed by atoms with Crippen LogP contribution in [0.2, 0.25) is 0 Å². The van der Waals surface area contributed by atoms with Crippen LogP contribution in [0.1, 0.15) is 16.7 Å². The van der Waals surface area contributed by atoms with E-state index >= 15 is 0 Å². The molecule has 0 aliphatic carbocycles. The zero-order valence-corrected chi connectivity index (χ0v) is 14.1. The van der Waals surface area contributed by atoms with E-state index in [4.69, 9.17) is 20.3 Å². The number of ether oxygens (including phenoxy) is 2. The predicted molar refractivity (Wildman–Crippen MR) is 93.9 cm³/mol. The van der Waals surface area contributed by atoms with Crippen LogP contribution in [0.4, 0.5) is 5.69 Å². The highest BCUT2D eigenvalue weighted by Gasteiger charge is 2.14. The van der Waals surface area contributed by atoms with Crippen LogP contribution >= 0.6 is 0 Å². The first-order valence-corrected chi connectivity index (χ1v) is 7.80. The Balaban J connectivity index is 2.48. The molecule has 0 fully saturated rings. The van der Waals surface area contributed by atoms with Crippen molar-refractivity contribution in [1.82, 2.24) is 0 Å². The summed E-state index contributed by atoms with van der Waals surface area (Å²) in [6.45, 7) is 5.08. The lowest BCUT2D eigenvalue weighted by molar-refractivity contribution is 0.191. The van der Waals surface area contributed by atoms with Crippen LogP contribution in [0, 0.1) is 13.8 Å². The van der Waals surface area contributed by atoms with E-state index < -0.39 is 0 Å². The first-order valence-electron chi connectivity index (χ1n) is 7.80. The fourth-order valence-corrected chi connectivity index (χ4v) is 2.82. The van der Waals surface area contributed by atoms with Crippen LogP contribution < -0.4 is 10.5 Å². The Hall–Kier alpha value is -2.04. The number of aliphatic hydroxyl groups excluding tert-OH is 1. The number of hydrogen-bond donors (Lipinski definition) is 2. The molecular formula is C19H25NO3. The van der Waals surface area contributed by atoms with Gasteiger partial charge in [0.05, 0.1) is 13.2 Å². The third-order valence-electron chi connectivity index (χ3n) is 4.00. The molecule has 2 aromatic rings. The monoisotopic (exact) mass is 315 g/mol. The molecule has 0 saturated heterocycles. The molecule has 0 heterocycles. The number of aliphatic hydroxyl groups is 1. The van der Waals surface area contributed by atoms with Gasteiger partial charge in [-0.1, -0.05) is 12.1 Å². The van der Waals surface area contributed by atoms with Gasteiger partial charge in [0.1, 0.15) is 12.4 Å². The summed E-state index contributed by atoms with van der Waals surface area (Å²) in [6.07, 6.45) is 0.769. The highest BCUT2D eigenvalue weighted by molar-refractivity contribution is 5.74. The minimum Gasteiger partial charge on any atom is -0.491 e. The summed E-state index contributed by atoms with van der Waals surface area (Å²) in [7, 11) is 1.69. The molecule has 0 bridgehead atoms. The van der Waals surface area contributed by atoms with E-state index in [0.29, 0.717) is 13.2 Å². The van der Waals surface area contributed by atoms with Crippen molar-refractivity contribution in [3.05, 3.63) is 47.0 Å². The number of aryl methyl sites for hydroxylation is 1. The van der Waals surface area contributed by atoms with Crippen LogP contribution in [-0.4, -0.2) is 32.0 Å². The second-order valence-electron chi connectivity index (χ2n) is 5.60. The number of nitrogens with two attached hydrogens (primary N) is 1. The van der Waals surface area contributed by atoms with Gasteiger partial charge in [0.2, 0.25) is 0 Å². The molecule has 3 N–H and O–H groups in total. The summed E-state index contributed by atoms with van der Waals surface area (Å²) in [5.41, 5.74) is 12.4. The number of rotatable bonds is 7. The highest BCUT2D eigenvalue weighted by atomic mass is 16.5. The Kier molecular flexibility index (Phi) is 6.02. The zero-order chi connectivity index (χ0) is 16.8. The lowest BCUT2D eigenvalue weighted by Gasteiger charge is -2.18. The maximum atomic E-state index is 9.00. The molecule has 2 aromatic carbocycles. The van der Waals surface area contributed by atoms with E-state index in [2.05, 4.69) is 26.0 Å². The van der Waals surface area contributed by atoms with Gasteiger partial charge in [0.15, 0.2) is 0 Å². The summed E-state index contributed by atoms with van der Waals surface area (Å²) < 4.78 is 10.9. The Morgan fingerprint density at radius 1 is 1.04 bits per heavy atom. The number of anilines is 1. The first-order chi connectivity index (χ1) is 11.1. The second-order valence-corrected chi connectivity index (χ2v) is 5.60. The Labute approximate surface area is 137 Å². The lowest BCUT2D eigenvalue weighted by Crippen LogP contribution is -2.07. The van der Waals surface area contributed by atoms with Gasteiger partial charge in [0, 0.05) is 12.8 Å². The highest BCUT2D eigenvalue weighted by Crippen LogP contribution is 2.34. The molecule has 0 saturated carbocycles. The molecule has 0 amide bonds. The van der Waals surface area contributed by atoms with Crippen molar-refractivity contribution in [1.29, 1.82) is 0 Å². The van der Waals surface area contributed by atoms with Gasteiger partial charge in [-0.25, -0.2) is 0 Å². The van der Waals surface area contributed by atoms with Crippen molar-refractivity contribution >= 4 is 5.69 Å². The van der Waals surface area contributed by atoms with Crippen molar-refractivity contribution in [3.63, 3.8) is 0 Å². The second kappa shape index (κ2) is 7.99. The number of hydrogen-bond acceptors (Lipinski definition) is 4.